The molecule has 0 fully saturated rings. The number of nitrogens with zero attached hydrogens (tertiary/aromatic N) is 2. The Morgan fingerprint density at radius 2 is 1.81 bits per heavy atom. The van der Waals surface area contributed by atoms with Crippen molar-refractivity contribution < 1.29 is 27.7 Å². The number of halogens is 2. The first-order valence-electron chi connectivity index (χ1n) is 8.58. The maximum atomic E-state index is 12.5. The minimum absolute atomic E-state index is 0.0359. The predicted octanol–water partition coefficient (Wildman–Crippen LogP) is 3.09. The first-order chi connectivity index (χ1) is 14.4. The zero-order chi connectivity index (χ0) is 23.3. The first-order valence-corrected chi connectivity index (χ1v) is 10.8. The molecule has 1 amide bonds. The predicted molar refractivity (Wildman–Crippen MR) is 114 cm³/mol. The van der Waals surface area contributed by atoms with Gasteiger partial charge in [-0.05, 0) is 37.3 Å². The molecule has 2 aromatic rings. The standard InChI is InChI=1S/C18H17Cl2N3O7S/c1-11(18(25)21-16-9-13(23(26)27)5-8-15(16)20)30-17(24)10-22(2)31(28,29)14-6-3-12(19)4-7-14/h3-9,11H,10H2,1-2H3,(H,21,25). The number of hydrogen-bond acceptors (Lipinski definition) is 7. The lowest BCUT2D eigenvalue weighted by Gasteiger charge is -2.18. The van der Waals surface area contributed by atoms with Gasteiger partial charge in [-0.25, -0.2) is 8.42 Å². The molecule has 13 heteroatoms. The number of non-ortho nitro benzene ring substituents is 1. The fourth-order valence-corrected chi connectivity index (χ4v) is 3.70. The quantitative estimate of drug-likeness (QED) is 0.341. The van der Waals surface area contributed by atoms with E-state index < -0.39 is 39.5 Å². The van der Waals surface area contributed by atoms with Gasteiger partial charge in [-0.3, -0.25) is 19.7 Å². The van der Waals surface area contributed by atoms with E-state index in [1.165, 1.54) is 50.4 Å². The van der Waals surface area contributed by atoms with E-state index in [4.69, 9.17) is 27.9 Å². The highest BCUT2D eigenvalue weighted by Crippen LogP contribution is 2.27. The zero-order valence-corrected chi connectivity index (χ0v) is 18.6. The molecule has 1 N–H and O–H groups in total. The van der Waals surface area contributed by atoms with Crippen LogP contribution in [-0.2, 0) is 24.3 Å². The number of carbonyl (C=O) groups is 2. The molecule has 1 atom stereocenters. The van der Waals surface area contributed by atoms with Crippen LogP contribution >= 0.6 is 23.2 Å². The van der Waals surface area contributed by atoms with Gasteiger partial charge in [-0.1, -0.05) is 23.2 Å². The number of nitro groups is 1. The van der Waals surface area contributed by atoms with Crippen molar-refractivity contribution in [3.8, 4) is 0 Å². The van der Waals surface area contributed by atoms with Gasteiger partial charge in [-0.2, -0.15) is 4.31 Å². The van der Waals surface area contributed by atoms with Gasteiger partial charge in [0.05, 0.1) is 20.5 Å². The molecule has 0 saturated heterocycles. The molecule has 0 radical (unpaired) electrons. The summed E-state index contributed by atoms with van der Waals surface area (Å²) in [7, 11) is -2.80. The van der Waals surface area contributed by atoms with E-state index in [0.717, 1.165) is 10.4 Å². The Balaban J connectivity index is 2.00. The number of ether oxygens (including phenoxy) is 1. The van der Waals surface area contributed by atoms with E-state index in [2.05, 4.69) is 5.32 Å². The van der Waals surface area contributed by atoms with Gasteiger partial charge in [0.1, 0.15) is 6.54 Å². The molecule has 0 bridgehead atoms. The maximum absolute atomic E-state index is 12.5. The largest absolute Gasteiger partial charge is 0.452 e. The molecule has 2 aromatic carbocycles. The van der Waals surface area contributed by atoms with Gasteiger partial charge in [-0.15, -0.1) is 0 Å². The molecule has 0 saturated carbocycles. The van der Waals surface area contributed by atoms with Crippen LogP contribution in [0.5, 0.6) is 0 Å². The fourth-order valence-electron chi connectivity index (χ4n) is 2.30. The Bertz CT molecular complexity index is 1110. The number of nitrogens with one attached hydrogen (secondary N) is 1. The van der Waals surface area contributed by atoms with Crippen molar-refractivity contribution in [3.05, 3.63) is 62.6 Å². The molecule has 0 aliphatic carbocycles. The second kappa shape index (κ2) is 10.1. The van der Waals surface area contributed by atoms with E-state index in [-0.39, 0.29) is 21.3 Å². The Kier molecular flexibility index (Phi) is 7.96. The molecule has 166 valence electrons. The molecule has 31 heavy (non-hydrogen) atoms. The monoisotopic (exact) mass is 489 g/mol. The summed E-state index contributed by atoms with van der Waals surface area (Å²) in [6.07, 6.45) is -1.32. The van der Waals surface area contributed by atoms with Crippen molar-refractivity contribution in [2.75, 3.05) is 18.9 Å². The lowest BCUT2D eigenvalue weighted by atomic mass is 10.2. The third-order valence-electron chi connectivity index (χ3n) is 3.97. The van der Waals surface area contributed by atoms with Gasteiger partial charge in [0.15, 0.2) is 6.10 Å². The number of rotatable bonds is 8. The zero-order valence-electron chi connectivity index (χ0n) is 16.2. The number of benzene rings is 2. The molecule has 0 aliphatic heterocycles. The van der Waals surface area contributed by atoms with Crippen LogP contribution < -0.4 is 5.32 Å². The van der Waals surface area contributed by atoms with Crippen molar-refractivity contribution >= 4 is 56.5 Å². The topological polar surface area (TPSA) is 136 Å². The number of esters is 1. The average Bonchev–Trinajstić information content (AvgIpc) is 2.69. The Hall–Kier alpha value is -2.73. The molecule has 10 nitrogen and oxygen atoms in total. The van der Waals surface area contributed by atoms with Crippen LogP contribution in [0.3, 0.4) is 0 Å². The summed E-state index contributed by atoms with van der Waals surface area (Å²) in [4.78, 5) is 34.5. The highest BCUT2D eigenvalue weighted by Gasteiger charge is 2.26. The maximum Gasteiger partial charge on any atom is 0.322 e. The van der Waals surface area contributed by atoms with Crippen LogP contribution in [0, 0.1) is 10.1 Å². The van der Waals surface area contributed by atoms with E-state index in [1.54, 1.807) is 0 Å². The lowest BCUT2D eigenvalue weighted by molar-refractivity contribution is -0.384. The number of hydrogen-bond donors (Lipinski definition) is 1. The SMILES string of the molecule is CC(OC(=O)CN(C)S(=O)(=O)c1ccc(Cl)cc1)C(=O)Nc1cc([N+](=O)[O-])ccc1Cl. The normalized spacial score (nSPS) is 12.3. The van der Waals surface area contributed by atoms with Crippen LogP contribution in [0.15, 0.2) is 47.4 Å². The summed E-state index contributed by atoms with van der Waals surface area (Å²) in [5.74, 6) is -1.79. The van der Waals surface area contributed by atoms with Crippen molar-refractivity contribution in [2.45, 2.75) is 17.9 Å². The summed E-state index contributed by atoms with van der Waals surface area (Å²) in [6, 6.07) is 8.83. The molecular formula is C18H17Cl2N3O7S. The van der Waals surface area contributed by atoms with Crippen LogP contribution in [0.2, 0.25) is 10.0 Å². The van der Waals surface area contributed by atoms with Gasteiger partial charge in [0, 0.05) is 24.2 Å². The summed E-state index contributed by atoms with van der Waals surface area (Å²) >= 11 is 11.7. The summed E-state index contributed by atoms with van der Waals surface area (Å²) < 4.78 is 30.7. The Morgan fingerprint density at radius 1 is 1.19 bits per heavy atom. The molecule has 0 aliphatic rings. The minimum Gasteiger partial charge on any atom is -0.452 e. The first kappa shape index (κ1) is 24.5. The van der Waals surface area contributed by atoms with Crippen molar-refractivity contribution in [1.29, 1.82) is 0 Å². The second-order valence-electron chi connectivity index (χ2n) is 6.26. The highest BCUT2D eigenvalue weighted by atomic mass is 35.5. The third-order valence-corrected chi connectivity index (χ3v) is 6.37. The smallest absolute Gasteiger partial charge is 0.322 e. The van der Waals surface area contributed by atoms with E-state index in [0.29, 0.717) is 5.02 Å². The van der Waals surface area contributed by atoms with Gasteiger partial charge in [0.2, 0.25) is 10.0 Å². The minimum atomic E-state index is -3.98. The molecule has 0 heterocycles. The summed E-state index contributed by atoms with van der Waals surface area (Å²) in [5.41, 5.74) is -0.329. The number of amides is 1. The van der Waals surface area contributed by atoms with Crippen molar-refractivity contribution in [1.82, 2.24) is 4.31 Å². The molecule has 0 spiro atoms. The third kappa shape index (κ3) is 6.37. The molecular weight excluding hydrogens is 473 g/mol. The summed E-state index contributed by atoms with van der Waals surface area (Å²) in [6.45, 7) is 0.604. The van der Waals surface area contributed by atoms with Gasteiger partial charge in [0.25, 0.3) is 11.6 Å². The average molecular weight is 490 g/mol. The Labute approximate surface area is 187 Å². The van der Waals surface area contributed by atoms with Crippen LogP contribution in [0.1, 0.15) is 6.92 Å². The number of sulfonamides is 1. The number of carbonyl (C=O) groups excluding carboxylic acids is 2. The summed E-state index contributed by atoms with van der Waals surface area (Å²) in [5, 5.41) is 13.6. The fraction of sp³-hybridized carbons (Fsp3) is 0.222. The second-order valence-corrected chi connectivity index (χ2v) is 9.15. The van der Waals surface area contributed by atoms with Crippen LogP contribution in [0.25, 0.3) is 0 Å². The number of likely N-dealkylation sites (N-methyl/N-ethyl adjacent to an activating group) is 1. The van der Waals surface area contributed by atoms with Crippen LogP contribution in [-0.4, -0.2) is 49.2 Å². The van der Waals surface area contributed by atoms with Crippen LogP contribution in [0.4, 0.5) is 11.4 Å². The van der Waals surface area contributed by atoms with Crippen molar-refractivity contribution in [2.24, 2.45) is 0 Å². The van der Waals surface area contributed by atoms with Crippen molar-refractivity contribution in [3.63, 3.8) is 0 Å². The van der Waals surface area contributed by atoms with E-state index >= 15 is 0 Å². The highest BCUT2D eigenvalue weighted by molar-refractivity contribution is 7.89. The Morgan fingerprint density at radius 3 is 2.39 bits per heavy atom. The number of nitro benzene ring substituents is 1. The lowest BCUT2D eigenvalue weighted by Crippen LogP contribution is -2.37. The van der Waals surface area contributed by atoms with E-state index in [9.17, 15) is 28.1 Å². The molecule has 0 aromatic heterocycles. The number of anilines is 1. The molecule has 1 unspecified atom stereocenters. The van der Waals surface area contributed by atoms with Gasteiger partial charge >= 0.3 is 5.97 Å². The van der Waals surface area contributed by atoms with Gasteiger partial charge < -0.3 is 10.1 Å². The van der Waals surface area contributed by atoms with E-state index in [1.807, 2.05) is 0 Å². The molecule has 2 rings (SSSR count).